The normalized spacial score (nSPS) is 18.8. The number of pyridine rings is 1. The first-order valence-electron chi connectivity index (χ1n) is 7.82. The number of nitrogens with zero attached hydrogens (tertiary/aromatic N) is 2. The fourth-order valence-electron chi connectivity index (χ4n) is 3.02. The zero-order chi connectivity index (χ0) is 19.3. The first-order valence-corrected chi connectivity index (χ1v) is 7.82. The number of alkyl halides is 1. The lowest BCUT2D eigenvalue weighted by atomic mass is 10.0. The van der Waals surface area contributed by atoms with Gasteiger partial charge in [0, 0.05) is 18.2 Å². The van der Waals surface area contributed by atoms with Crippen LogP contribution in [-0.2, 0) is 4.74 Å². The summed E-state index contributed by atoms with van der Waals surface area (Å²) in [7, 11) is 0. The molecule has 2 N–H and O–H groups in total. The van der Waals surface area contributed by atoms with Gasteiger partial charge in [-0.15, -0.1) is 0 Å². The number of fused-ring (bicyclic) bond motifs is 1. The van der Waals surface area contributed by atoms with E-state index in [2.05, 4.69) is 0 Å². The van der Waals surface area contributed by atoms with Gasteiger partial charge in [-0.25, -0.2) is 13.6 Å². The smallest absolute Gasteiger partial charge is 0.343 e. The quantitative estimate of drug-likeness (QED) is 0.384. The summed E-state index contributed by atoms with van der Waals surface area (Å²) >= 11 is 0. The minimum Gasteiger partial charge on any atom is -0.462 e. The minimum absolute atomic E-state index is 0.0296. The Labute approximate surface area is 145 Å². The average molecular weight is 367 g/mol. The number of carbonyl (C=O) groups excluding carboxylic acids is 1. The standard InChI is InChI=1S/C16H15F2N3O5/c1-3-26-16(23)7-5-20(9-4-8(9)17)13-6(2)11(18)12(19)14(21(24)25)10(13)15(7)22/h5,8-9H,3-4,19H2,1-2H3/t8-,9-/m1/s1. The molecule has 0 aliphatic heterocycles. The summed E-state index contributed by atoms with van der Waals surface area (Å²) in [6.45, 7) is 2.78. The second kappa shape index (κ2) is 6.04. The minimum atomic E-state index is -1.27. The van der Waals surface area contributed by atoms with Crippen LogP contribution < -0.4 is 11.2 Å². The van der Waals surface area contributed by atoms with Crippen LogP contribution in [0.25, 0.3) is 10.9 Å². The Hall–Kier alpha value is -3.04. The van der Waals surface area contributed by atoms with E-state index in [1.807, 2.05) is 0 Å². The summed E-state index contributed by atoms with van der Waals surface area (Å²) in [6, 6.07) is -0.757. The summed E-state index contributed by atoms with van der Waals surface area (Å²) < 4.78 is 34.1. The molecule has 1 saturated carbocycles. The molecule has 10 heteroatoms. The van der Waals surface area contributed by atoms with E-state index in [-0.39, 0.29) is 24.1 Å². The number of nitrogen functional groups attached to an aromatic ring is 1. The number of aromatic nitrogens is 1. The lowest BCUT2D eigenvalue weighted by Gasteiger charge is -2.16. The van der Waals surface area contributed by atoms with E-state index in [1.165, 1.54) is 18.4 Å². The number of halogens is 2. The summed E-state index contributed by atoms with van der Waals surface area (Å²) in [5.74, 6) is -2.06. The second-order valence-electron chi connectivity index (χ2n) is 6.00. The van der Waals surface area contributed by atoms with Gasteiger partial charge in [0.25, 0.3) is 0 Å². The number of hydrogen-bond acceptors (Lipinski definition) is 6. The van der Waals surface area contributed by atoms with Crippen molar-refractivity contribution < 1.29 is 23.2 Å². The Morgan fingerprint density at radius 3 is 2.65 bits per heavy atom. The van der Waals surface area contributed by atoms with Gasteiger partial charge in [-0.2, -0.15) is 0 Å². The Morgan fingerprint density at radius 2 is 2.15 bits per heavy atom. The summed E-state index contributed by atoms with van der Waals surface area (Å²) in [5, 5.41) is 10.9. The van der Waals surface area contributed by atoms with Crippen LogP contribution in [0.4, 0.5) is 20.2 Å². The van der Waals surface area contributed by atoms with Gasteiger partial charge >= 0.3 is 11.7 Å². The van der Waals surface area contributed by atoms with E-state index in [0.717, 1.165) is 6.20 Å². The predicted molar refractivity (Wildman–Crippen MR) is 88.5 cm³/mol. The largest absolute Gasteiger partial charge is 0.462 e. The van der Waals surface area contributed by atoms with E-state index in [4.69, 9.17) is 10.5 Å². The highest BCUT2D eigenvalue weighted by Gasteiger charge is 2.42. The summed E-state index contributed by atoms with van der Waals surface area (Å²) in [6.07, 6.45) is -0.117. The lowest BCUT2D eigenvalue weighted by molar-refractivity contribution is -0.382. The third-order valence-corrected chi connectivity index (χ3v) is 4.36. The van der Waals surface area contributed by atoms with Crippen molar-refractivity contribution in [3.8, 4) is 0 Å². The second-order valence-corrected chi connectivity index (χ2v) is 6.00. The molecule has 0 unspecified atom stereocenters. The zero-order valence-electron chi connectivity index (χ0n) is 13.9. The fourth-order valence-corrected chi connectivity index (χ4v) is 3.02. The molecule has 2 atom stereocenters. The number of rotatable bonds is 4. The number of aryl methyl sites for hydroxylation is 1. The number of anilines is 1. The average Bonchev–Trinajstić information content (AvgIpc) is 3.30. The molecule has 26 heavy (non-hydrogen) atoms. The molecule has 0 radical (unpaired) electrons. The van der Waals surface area contributed by atoms with Gasteiger partial charge in [0.05, 0.1) is 23.1 Å². The van der Waals surface area contributed by atoms with E-state index >= 15 is 0 Å². The molecule has 1 fully saturated rings. The number of nitrogens with two attached hydrogens (primary N) is 1. The van der Waals surface area contributed by atoms with Gasteiger partial charge in [-0.1, -0.05) is 0 Å². The highest BCUT2D eigenvalue weighted by Crippen LogP contribution is 2.43. The zero-order valence-corrected chi connectivity index (χ0v) is 13.9. The molecule has 0 spiro atoms. The highest BCUT2D eigenvalue weighted by atomic mass is 19.1. The maximum atomic E-state index is 14.4. The predicted octanol–water partition coefficient (Wildman–Crippen LogP) is 2.40. The van der Waals surface area contributed by atoms with Crippen LogP contribution in [-0.4, -0.2) is 28.2 Å². The number of esters is 1. The molecular formula is C16H15F2N3O5. The van der Waals surface area contributed by atoms with Crippen molar-refractivity contribution in [3.63, 3.8) is 0 Å². The van der Waals surface area contributed by atoms with Gasteiger partial charge in [0.2, 0.25) is 5.43 Å². The molecule has 1 aromatic heterocycles. The van der Waals surface area contributed by atoms with Gasteiger partial charge in [0.1, 0.15) is 22.8 Å². The molecule has 1 aromatic carbocycles. The maximum Gasteiger partial charge on any atom is 0.343 e. The Morgan fingerprint density at radius 1 is 1.54 bits per heavy atom. The third-order valence-electron chi connectivity index (χ3n) is 4.36. The number of nitro groups is 1. The molecule has 0 amide bonds. The third kappa shape index (κ3) is 2.49. The first kappa shape index (κ1) is 17.8. The van der Waals surface area contributed by atoms with Crippen LogP contribution in [0.15, 0.2) is 11.0 Å². The van der Waals surface area contributed by atoms with Crippen LogP contribution in [0.3, 0.4) is 0 Å². The van der Waals surface area contributed by atoms with Crippen molar-refractivity contribution >= 4 is 28.2 Å². The van der Waals surface area contributed by atoms with Crippen molar-refractivity contribution in [1.29, 1.82) is 0 Å². The number of nitro benzene ring substituents is 1. The van der Waals surface area contributed by atoms with Crippen LogP contribution >= 0.6 is 0 Å². The van der Waals surface area contributed by atoms with E-state index in [9.17, 15) is 28.5 Å². The number of carbonyl (C=O) groups is 1. The summed E-state index contributed by atoms with van der Waals surface area (Å²) in [5.41, 5.74) is 1.99. The van der Waals surface area contributed by atoms with Crippen LogP contribution in [0, 0.1) is 22.9 Å². The van der Waals surface area contributed by atoms with Gasteiger partial charge in [0.15, 0.2) is 5.82 Å². The Balaban J connectivity index is 2.53. The Kier molecular flexibility index (Phi) is 4.13. The molecule has 1 heterocycles. The topological polar surface area (TPSA) is 117 Å². The van der Waals surface area contributed by atoms with Crippen LogP contribution in [0.2, 0.25) is 0 Å². The fraction of sp³-hybridized carbons (Fsp3) is 0.375. The van der Waals surface area contributed by atoms with Crippen molar-refractivity contribution in [1.82, 2.24) is 4.57 Å². The first-order chi connectivity index (χ1) is 12.2. The van der Waals surface area contributed by atoms with Crippen LogP contribution in [0.5, 0.6) is 0 Å². The van der Waals surface area contributed by atoms with Gasteiger partial charge in [-0.3, -0.25) is 14.9 Å². The van der Waals surface area contributed by atoms with E-state index in [0.29, 0.717) is 0 Å². The molecule has 0 bridgehead atoms. The van der Waals surface area contributed by atoms with Crippen LogP contribution in [0.1, 0.15) is 35.3 Å². The van der Waals surface area contributed by atoms with E-state index < -0.39 is 56.7 Å². The highest BCUT2D eigenvalue weighted by molar-refractivity contribution is 6.01. The molecular weight excluding hydrogens is 352 g/mol. The summed E-state index contributed by atoms with van der Waals surface area (Å²) in [4.78, 5) is 35.3. The SMILES string of the molecule is CCOC(=O)c1cn([C@@H]2C[C@H]2F)c2c(C)c(F)c(N)c([N+](=O)[O-])c2c1=O. The van der Waals surface area contributed by atoms with Gasteiger partial charge in [-0.05, 0) is 13.8 Å². The molecule has 8 nitrogen and oxygen atoms in total. The van der Waals surface area contributed by atoms with Crippen molar-refractivity contribution in [3.05, 3.63) is 43.5 Å². The molecule has 0 saturated heterocycles. The lowest BCUT2D eigenvalue weighted by Crippen LogP contribution is -2.23. The number of hydrogen-bond donors (Lipinski definition) is 1. The number of ether oxygens (including phenoxy) is 1. The van der Waals surface area contributed by atoms with Crippen molar-refractivity contribution in [2.24, 2.45) is 0 Å². The molecule has 1 aliphatic carbocycles. The molecule has 1 aliphatic rings. The maximum absolute atomic E-state index is 14.4. The monoisotopic (exact) mass is 367 g/mol. The van der Waals surface area contributed by atoms with Gasteiger partial charge < -0.3 is 15.0 Å². The molecule has 138 valence electrons. The molecule has 3 rings (SSSR count). The van der Waals surface area contributed by atoms with Crippen molar-refractivity contribution in [2.45, 2.75) is 32.5 Å². The number of benzene rings is 1. The Bertz CT molecular complexity index is 1020. The molecule has 2 aromatic rings. The van der Waals surface area contributed by atoms with E-state index in [1.54, 1.807) is 0 Å². The van der Waals surface area contributed by atoms with Crippen molar-refractivity contribution in [2.75, 3.05) is 12.3 Å².